The zero-order chi connectivity index (χ0) is 15.1. The third kappa shape index (κ3) is 4.81. The van der Waals surface area contributed by atoms with Crippen molar-refractivity contribution in [2.24, 2.45) is 5.73 Å². The molecule has 1 heterocycles. The number of ether oxygens (including phenoxy) is 1. The predicted octanol–water partition coefficient (Wildman–Crippen LogP) is 0.867. The Morgan fingerprint density at radius 3 is 2.52 bits per heavy atom. The van der Waals surface area contributed by atoms with Crippen LogP contribution in [0.2, 0.25) is 0 Å². The summed E-state index contributed by atoms with van der Waals surface area (Å²) in [6.45, 7) is 5.06. The quantitative estimate of drug-likeness (QED) is 0.845. The van der Waals surface area contributed by atoms with Crippen molar-refractivity contribution in [3.8, 4) is 0 Å². The van der Waals surface area contributed by atoms with Crippen molar-refractivity contribution >= 4 is 5.91 Å². The van der Waals surface area contributed by atoms with Crippen LogP contribution >= 0.6 is 0 Å². The fourth-order valence-electron chi connectivity index (χ4n) is 2.58. The Labute approximate surface area is 126 Å². The van der Waals surface area contributed by atoms with Crippen LogP contribution in [0.3, 0.4) is 0 Å². The number of amides is 1. The Balaban J connectivity index is 1.77. The molecule has 5 heteroatoms. The van der Waals surface area contributed by atoms with Crippen molar-refractivity contribution in [2.45, 2.75) is 12.5 Å². The van der Waals surface area contributed by atoms with Crippen LogP contribution in [-0.4, -0.2) is 62.1 Å². The van der Waals surface area contributed by atoms with Gasteiger partial charge in [0.25, 0.3) is 0 Å². The van der Waals surface area contributed by atoms with E-state index >= 15 is 0 Å². The zero-order valence-corrected chi connectivity index (χ0v) is 12.7. The van der Waals surface area contributed by atoms with E-state index in [0.717, 1.165) is 44.9 Å². The lowest BCUT2D eigenvalue weighted by atomic mass is 10.0. The summed E-state index contributed by atoms with van der Waals surface area (Å²) in [6, 6.07) is 9.59. The largest absolute Gasteiger partial charge is 0.383 e. The fraction of sp³-hybridized carbons (Fsp3) is 0.562. The third-order valence-electron chi connectivity index (χ3n) is 3.96. The standard InChI is InChI=1S/C16H25N3O2/c1-21-12-11-18-7-9-19(10-8-18)16(20)13-15(17)14-5-3-2-4-6-14/h2-6,15H,7-13,17H2,1H3. The second kappa shape index (κ2) is 8.12. The number of hydrogen-bond donors (Lipinski definition) is 1. The van der Waals surface area contributed by atoms with E-state index in [9.17, 15) is 4.79 Å². The second-order valence-electron chi connectivity index (χ2n) is 5.44. The predicted molar refractivity (Wildman–Crippen MR) is 82.9 cm³/mol. The number of benzene rings is 1. The molecule has 1 aliphatic heterocycles. The highest BCUT2D eigenvalue weighted by atomic mass is 16.5. The molecule has 0 saturated carbocycles. The first kappa shape index (κ1) is 15.9. The zero-order valence-electron chi connectivity index (χ0n) is 12.7. The molecule has 1 aliphatic rings. The molecule has 1 aromatic rings. The normalized spacial score (nSPS) is 17.7. The Morgan fingerprint density at radius 2 is 1.90 bits per heavy atom. The van der Waals surface area contributed by atoms with Gasteiger partial charge in [0.05, 0.1) is 6.61 Å². The van der Waals surface area contributed by atoms with Gasteiger partial charge >= 0.3 is 0 Å². The molecule has 5 nitrogen and oxygen atoms in total. The van der Waals surface area contributed by atoms with E-state index in [1.165, 1.54) is 0 Å². The molecule has 1 saturated heterocycles. The molecule has 1 unspecified atom stereocenters. The van der Waals surface area contributed by atoms with Gasteiger partial charge in [0.1, 0.15) is 0 Å². The van der Waals surface area contributed by atoms with Gasteiger partial charge in [-0.25, -0.2) is 0 Å². The molecular weight excluding hydrogens is 266 g/mol. The molecule has 0 radical (unpaired) electrons. The van der Waals surface area contributed by atoms with Crippen molar-refractivity contribution in [1.82, 2.24) is 9.80 Å². The molecule has 21 heavy (non-hydrogen) atoms. The lowest BCUT2D eigenvalue weighted by Crippen LogP contribution is -2.49. The summed E-state index contributed by atoms with van der Waals surface area (Å²) in [5.41, 5.74) is 7.14. The highest BCUT2D eigenvalue weighted by Gasteiger charge is 2.22. The van der Waals surface area contributed by atoms with Gasteiger partial charge in [-0.05, 0) is 5.56 Å². The molecule has 0 spiro atoms. The summed E-state index contributed by atoms with van der Waals surface area (Å²) in [6.07, 6.45) is 0.377. The number of rotatable bonds is 6. The van der Waals surface area contributed by atoms with Crippen LogP contribution < -0.4 is 5.73 Å². The highest BCUT2D eigenvalue weighted by molar-refractivity contribution is 5.77. The summed E-state index contributed by atoms with van der Waals surface area (Å²) in [5, 5.41) is 0. The van der Waals surface area contributed by atoms with Crippen LogP contribution in [0, 0.1) is 0 Å². The Bertz CT molecular complexity index is 430. The number of methoxy groups -OCH3 is 1. The Hall–Kier alpha value is -1.43. The van der Waals surface area contributed by atoms with E-state index in [0.29, 0.717) is 6.42 Å². The van der Waals surface area contributed by atoms with Gasteiger partial charge in [-0.3, -0.25) is 9.69 Å². The average Bonchev–Trinajstić information content (AvgIpc) is 2.54. The van der Waals surface area contributed by atoms with E-state index in [1.54, 1.807) is 7.11 Å². The maximum atomic E-state index is 12.3. The molecule has 116 valence electrons. The Morgan fingerprint density at radius 1 is 1.24 bits per heavy atom. The number of carbonyl (C=O) groups excluding carboxylic acids is 1. The molecule has 1 atom stereocenters. The first-order valence-electron chi connectivity index (χ1n) is 7.50. The number of nitrogens with zero attached hydrogens (tertiary/aromatic N) is 2. The highest BCUT2D eigenvalue weighted by Crippen LogP contribution is 2.15. The molecule has 0 aliphatic carbocycles. The SMILES string of the molecule is COCCN1CCN(C(=O)CC(N)c2ccccc2)CC1. The molecule has 2 rings (SSSR count). The molecular formula is C16H25N3O2. The maximum absolute atomic E-state index is 12.3. The van der Waals surface area contributed by atoms with Crippen molar-refractivity contribution in [2.75, 3.05) is 46.4 Å². The minimum absolute atomic E-state index is 0.151. The number of piperazine rings is 1. The Kier molecular flexibility index (Phi) is 6.17. The van der Waals surface area contributed by atoms with Crippen LogP contribution in [0.5, 0.6) is 0 Å². The summed E-state index contributed by atoms with van der Waals surface area (Å²) in [7, 11) is 1.71. The smallest absolute Gasteiger partial charge is 0.224 e. The van der Waals surface area contributed by atoms with Crippen molar-refractivity contribution < 1.29 is 9.53 Å². The summed E-state index contributed by atoms with van der Waals surface area (Å²) in [4.78, 5) is 16.6. The first-order valence-corrected chi connectivity index (χ1v) is 7.50. The van der Waals surface area contributed by atoms with Gasteiger partial charge < -0.3 is 15.4 Å². The third-order valence-corrected chi connectivity index (χ3v) is 3.96. The van der Waals surface area contributed by atoms with Gasteiger partial charge in [-0.1, -0.05) is 30.3 Å². The van der Waals surface area contributed by atoms with Crippen LogP contribution in [0.25, 0.3) is 0 Å². The van der Waals surface area contributed by atoms with Gasteiger partial charge in [0.15, 0.2) is 0 Å². The molecule has 0 bridgehead atoms. The fourth-order valence-corrected chi connectivity index (χ4v) is 2.58. The molecule has 1 amide bonds. The van der Waals surface area contributed by atoms with Gasteiger partial charge in [-0.15, -0.1) is 0 Å². The van der Waals surface area contributed by atoms with Crippen molar-refractivity contribution in [3.05, 3.63) is 35.9 Å². The number of carbonyl (C=O) groups is 1. The van der Waals surface area contributed by atoms with E-state index in [1.807, 2.05) is 35.2 Å². The first-order chi connectivity index (χ1) is 10.2. The number of hydrogen-bond acceptors (Lipinski definition) is 4. The summed E-state index contributed by atoms with van der Waals surface area (Å²) < 4.78 is 5.08. The van der Waals surface area contributed by atoms with Crippen LogP contribution in [0.15, 0.2) is 30.3 Å². The van der Waals surface area contributed by atoms with Crippen molar-refractivity contribution in [3.63, 3.8) is 0 Å². The van der Waals surface area contributed by atoms with E-state index in [2.05, 4.69) is 4.90 Å². The van der Waals surface area contributed by atoms with E-state index in [-0.39, 0.29) is 11.9 Å². The number of nitrogens with two attached hydrogens (primary N) is 1. The van der Waals surface area contributed by atoms with Crippen LogP contribution in [0.1, 0.15) is 18.0 Å². The van der Waals surface area contributed by atoms with E-state index in [4.69, 9.17) is 10.5 Å². The van der Waals surface area contributed by atoms with Crippen molar-refractivity contribution in [1.29, 1.82) is 0 Å². The lowest BCUT2D eigenvalue weighted by Gasteiger charge is -2.35. The molecule has 2 N–H and O–H groups in total. The minimum Gasteiger partial charge on any atom is -0.383 e. The lowest BCUT2D eigenvalue weighted by molar-refractivity contribution is -0.133. The van der Waals surface area contributed by atoms with Gasteiger partial charge in [0.2, 0.25) is 5.91 Å². The maximum Gasteiger partial charge on any atom is 0.224 e. The second-order valence-corrected chi connectivity index (χ2v) is 5.44. The summed E-state index contributed by atoms with van der Waals surface area (Å²) >= 11 is 0. The van der Waals surface area contributed by atoms with Crippen LogP contribution in [0.4, 0.5) is 0 Å². The molecule has 1 aromatic carbocycles. The minimum atomic E-state index is -0.217. The monoisotopic (exact) mass is 291 g/mol. The average molecular weight is 291 g/mol. The molecule has 0 aromatic heterocycles. The van der Waals surface area contributed by atoms with Gasteiger partial charge in [-0.2, -0.15) is 0 Å². The van der Waals surface area contributed by atoms with E-state index < -0.39 is 0 Å². The van der Waals surface area contributed by atoms with Gasteiger partial charge in [0, 0.05) is 52.3 Å². The molecule has 1 fully saturated rings. The topological polar surface area (TPSA) is 58.8 Å². The van der Waals surface area contributed by atoms with Crippen LogP contribution in [-0.2, 0) is 9.53 Å². The summed E-state index contributed by atoms with van der Waals surface area (Å²) in [5.74, 6) is 0.151.